The first-order valence-corrected chi connectivity index (χ1v) is 8.51. The van der Waals surface area contributed by atoms with Crippen molar-refractivity contribution in [3.05, 3.63) is 45.2 Å². The van der Waals surface area contributed by atoms with Gasteiger partial charge in [0.1, 0.15) is 6.54 Å². The first-order valence-electron chi connectivity index (χ1n) is 7.71. The Morgan fingerprint density at radius 2 is 1.82 bits per heavy atom. The molecule has 0 unspecified atom stereocenters. The molecular weight excluding hydrogens is 344 g/mol. The van der Waals surface area contributed by atoms with Gasteiger partial charge in [-0.2, -0.15) is 0 Å². The summed E-state index contributed by atoms with van der Waals surface area (Å²) in [4.78, 5) is 26.5. The number of nitrogens with zero attached hydrogens (tertiary/aromatic N) is 2. The van der Waals surface area contributed by atoms with E-state index >= 15 is 0 Å². The summed E-state index contributed by atoms with van der Waals surface area (Å²) in [6, 6.07) is 7.08. The number of fused-ring (bicyclic) bond motifs is 1. The Hall–Kier alpha value is -1.62. The third-order valence-electron chi connectivity index (χ3n) is 4.20. The van der Waals surface area contributed by atoms with Crippen LogP contribution in [-0.4, -0.2) is 28.5 Å². The third-order valence-corrected chi connectivity index (χ3v) is 4.70. The molecule has 2 heterocycles. The summed E-state index contributed by atoms with van der Waals surface area (Å²) in [7, 11) is 0. The molecule has 3 rings (SSSR count). The lowest BCUT2D eigenvalue weighted by Gasteiger charge is -2.21. The molecule has 0 N–H and O–H groups in total. The van der Waals surface area contributed by atoms with Gasteiger partial charge in [0.25, 0.3) is 0 Å². The molecule has 1 aliphatic rings. The van der Waals surface area contributed by atoms with Crippen LogP contribution in [0, 0.1) is 0 Å². The van der Waals surface area contributed by atoms with Crippen molar-refractivity contribution in [3.63, 3.8) is 0 Å². The number of hydrogen-bond donors (Lipinski definition) is 0. The first-order chi connectivity index (χ1) is 10.6. The van der Waals surface area contributed by atoms with E-state index in [1.54, 1.807) is 12.3 Å². The molecule has 1 aliphatic heterocycles. The van der Waals surface area contributed by atoms with Crippen molar-refractivity contribution < 1.29 is 4.79 Å². The fourth-order valence-electron chi connectivity index (χ4n) is 2.98. The normalized spacial score (nSPS) is 15.8. The van der Waals surface area contributed by atoms with Crippen molar-refractivity contribution in [2.45, 2.75) is 32.2 Å². The van der Waals surface area contributed by atoms with Crippen LogP contribution < -0.4 is 5.43 Å². The van der Waals surface area contributed by atoms with E-state index in [4.69, 9.17) is 0 Å². The van der Waals surface area contributed by atoms with Gasteiger partial charge < -0.3 is 9.47 Å². The van der Waals surface area contributed by atoms with Gasteiger partial charge in [0, 0.05) is 35.2 Å². The summed E-state index contributed by atoms with van der Waals surface area (Å²) in [6.45, 7) is 1.98. The molecule has 1 aromatic carbocycles. The predicted octanol–water partition coefficient (Wildman–Crippen LogP) is 3.17. The Labute approximate surface area is 137 Å². The summed E-state index contributed by atoms with van der Waals surface area (Å²) >= 11 is 3.43. The van der Waals surface area contributed by atoms with Gasteiger partial charge in [0.15, 0.2) is 5.43 Å². The summed E-state index contributed by atoms with van der Waals surface area (Å²) in [5.74, 6) is 0.131. The number of carbonyl (C=O) groups excluding carboxylic acids is 1. The lowest BCUT2D eigenvalue weighted by molar-refractivity contribution is -0.131. The molecule has 0 spiro atoms. The van der Waals surface area contributed by atoms with Crippen LogP contribution in [0.2, 0.25) is 0 Å². The molecule has 1 fully saturated rings. The number of likely N-dealkylation sites (tertiary alicyclic amines) is 1. The zero-order valence-electron chi connectivity index (χ0n) is 12.4. The summed E-state index contributed by atoms with van der Waals surface area (Å²) < 4.78 is 2.77. The maximum atomic E-state index is 12.5. The average Bonchev–Trinajstić information content (AvgIpc) is 2.79. The van der Waals surface area contributed by atoms with Crippen molar-refractivity contribution in [1.82, 2.24) is 9.47 Å². The average molecular weight is 363 g/mol. The number of pyridine rings is 1. The third kappa shape index (κ3) is 3.24. The fourth-order valence-corrected chi connectivity index (χ4v) is 3.33. The standard InChI is InChI=1S/C17H19BrN2O2/c18-13-5-6-14-15(11-13)20(10-7-16(14)21)12-17(22)19-8-3-1-2-4-9-19/h5-7,10-11H,1-4,8-9,12H2. The zero-order valence-corrected chi connectivity index (χ0v) is 14.0. The van der Waals surface area contributed by atoms with Crippen LogP contribution in [0.5, 0.6) is 0 Å². The van der Waals surface area contributed by atoms with Crippen molar-refractivity contribution >= 4 is 32.7 Å². The van der Waals surface area contributed by atoms with E-state index in [-0.39, 0.29) is 17.9 Å². The van der Waals surface area contributed by atoms with Gasteiger partial charge in [-0.15, -0.1) is 0 Å². The summed E-state index contributed by atoms with van der Waals surface area (Å²) in [5.41, 5.74) is 0.783. The molecule has 22 heavy (non-hydrogen) atoms. The second kappa shape index (κ2) is 6.65. The zero-order chi connectivity index (χ0) is 15.5. The highest BCUT2D eigenvalue weighted by molar-refractivity contribution is 9.10. The van der Waals surface area contributed by atoms with Gasteiger partial charge in [-0.25, -0.2) is 0 Å². The van der Waals surface area contributed by atoms with Crippen molar-refractivity contribution in [2.24, 2.45) is 0 Å². The Morgan fingerprint density at radius 1 is 1.09 bits per heavy atom. The van der Waals surface area contributed by atoms with E-state index in [0.29, 0.717) is 5.39 Å². The highest BCUT2D eigenvalue weighted by Gasteiger charge is 2.16. The molecule has 1 amide bonds. The largest absolute Gasteiger partial charge is 0.341 e. The van der Waals surface area contributed by atoms with Crippen LogP contribution in [0.3, 0.4) is 0 Å². The summed E-state index contributed by atoms with van der Waals surface area (Å²) in [6.07, 6.45) is 6.30. The minimum absolute atomic E-state index is 0.0130. The van der Waals surface area contributed by atoms with Gasteiger partial charge in [-0.05, 0) is 31.0 Å². The molecule has 116 valence electrons. The molecule has 0 aliphatic carbocycles. The predicted molar refractivity (Wildman–Crippen MR) is 91.0 cm³/mol. The van der Waals surface area contributed by atoms with Gasteiger partial charge in [-0.1, -0.05) is 28.8 Å². The van der Waals surface area contributed by atoms with Crippen LogP contribution in [-0.2, 0) is 11.3 Å². The van der Waals surface area contributed by atoms with Gasteiger partial charge in [-0.3, -0.25) is 9.59 Å². The Bertz CT molecular complexity index is 746. The molecule has 0 radical (unpaired) electrons. The number of carbonyl (C=O) groups is 1. The minimum atomic E-state index is -0.0130. The quantitative estimate of drug-likeness (QED) is 0.823. The van der Waals surface area contributed by atoms with E-state index in [0.717, 1.165) is 35.9 Å². The SMILES string of the molecule is O=C(Cn1ccc(=O)c2ccc(Br)cc21)N1CCCCCC1. The molecule has 0 atom stereocenters. The monoisotopic (exact) mass is 362 g/mol. The van der Waals surface area contributed by atoms with E-state index < -0.39 is 0 Å². The lowest BCUT2D eigenvalue weighted by atomic mass is 10.2. The smallest absolute Gasteiger partial charge is 0.242 e. The number of benzene rings is 1. The molecule has 1 saturated heterocycles. The van der Waals surface area contributed by atoms with Crippen molar-refractivity contribution in [2.75, 3.05) is 13.1 Å². The van der Waals surface area contributed by atoms with Crippen LogP contribution in [0.15, 0.2) is 39.7 Å². The van der Waals surface area contributed by atoms with Crippen LogP contribution >= 0.6 is 15.9 Å². The van der Waals surface area contributed by atoms with E-state index in [2.05, 4.69) is 15.9 Å². The van der Waals surface area contributed by atoms with E-state index in [1.807, 2.05) is 21.6 Å². The van der Waals surface area contributed by atoms with E-state index in [1.165, 1.54) is 18.9 Å². The van der Waals surface area contributed by atoms with Gasteiger partial charge in [0.2, 0.25) is 5.91 Å². The van der Waals surface area contributed by atoms with E-state index in [9.17, 15) is 9.59 Å². The molecule has 5 heteroatoms. The number of amides is 1. The molecule has 0 saturated carbocycles. The molecule has 2 aromatic rings. The minimum Gasteiger partial charge on any atom is -0.341 e. The maximum Gasteiger partial charge on any atom is 0.242 e. The fraction of sp³-hybridized carbons (Fsp3) is 0.412. The number of rotatable bonds is 2. The van der Waals surface area contributed by atoms with Crippen LogP contribution in [0.25, 0.3) is 10.9 Å². The van der Waals surface area contributed by atoms with Gasteiger partial charge >= 0.3 is 0 Å². The second-order valence-corrected chi connectivity index (χ2v) is 6.68. The molecular formula is C17H19BrN2O2. The highest BCUT2D eigenvalue weighted by atomic mass is 79.9. The molecule has 1 aromatic heterocycles. The number of halogens is 1. The van der Waals surface area contributed by atoms with Crippen molar-refractivity contribution in [3.8, 4) is 0 Å². The Morgan fingerprint density at radius 3 is 2.55 bits per heavy atom. The summed E-state index contributed by atoms with van der Waals surface area (Å²) in [5, 5.41) is 0.648. The lowest BCUT2D eigenvalue weighted by Crippen LogP contribution is -2.34. The van der Waals surface area contributed by atoms with Crippen molar-refractivity contribution in [1.29, 1.82) is 0 Å². The van der Waals surface area contributed by atoms with Gasteiger partial charge in [0.05, 0.1) is 5.52 Å². The Kier molecular flexibility index (Phi) is 4.62. The van der Waals surface area contributed by atoms with Crippen LogP contribution in [0.1, 0.15) is 25.7 Å². The molecule has 4 nitrogen and oxygen atoms in total. The van der Waals surface area contributed by atoms with Crippen LogP contribution in [0.4, 0.5) is 0 Å². The molecule has 0 bridgehead atoms. The second-order valence-electron chi connectivity index (χ2n) is 5.76. The Balaban J connectivity index is 1.90. The number of aromatic nitrogens is 1. The number of hydrogen-bond acceptors (Lipinski definition) is 2. The topological polar surface area (TPSA) is 42.3 Å². The first kappa shape index (κ1) is 15.3. The highest BCUT2D eigenvalue weighted by Crippen LogP contribution is 2.18. The maximum absolute atomic E-state index is 12.5.